The molecule has 1 aromatic rings. The van der Waals surface area contributed by atoms with Gasteiger partial charge in [-0.25, -0.2) is 0 Å². The first kappa shape index (κ1) is 20.0. The molecule has 0 unspecified atom stereocenters. The first-order valence-electron chi connectivity index (χ1n) is 10.8. The van der Waals surface area contributed by atoms with Gasteiger partial charge in [0.05, 0.1) is 20.2 Å². The van der Waals surface area contributed by atoms with Crippen molar-refractivity contribution in [3.05, 3.63) is 24.3 Å². The number of hydrogen-bond acceptors (Lipinski definition) is 4. The van der Waals surface area contributed by atoms with Crippen LogP contribution < -0.4 is 20.1 Å². The van der Waals surface area contributed by atoms with E-state index in [1.807, 2.05) is 24.3 Å². The molecule has 0 aromatic heterocycles. The number of hydrogen-bond donors (Lipinski definition) is 2. The quantitative estimate of drug-likeness (QED) is 0.625. The highest BCUT2D eigenvalue weighted by Gasteiger charge is 2.51. The van der Waals surface area contributed by atoms with E-state index in [1.54, 1.807) is 7.11 Å². The summed E-state index contributed by atoms with van der Waals surface area (Å²) in [6.45, 7) is 0.745. The van der Waals surface area contributed by atoms with Crippen molar-refractivity contribution in [3.8, 4) is 11.5 Å². The summed E-state index contributed by atoms with van der Waals surface area (Å²) >= 11 is 0. The van der Waals surface area contributed by atoms with Crippen LogP contribution in [0.5, 0.6) is 11.5 Å². The van der Waals surface area contributed by atoms with Crippen LogP contribution in [0.1, 0.15) is 44.9 Å². The van der Waals surface area contributed by atoms with E-state index in [-0.39, 0.29) is 23.8 Å². The van der Waals surface area contributed by atoms with E-state index in [2.05, 4.69) is 10.6 Å². The van der Waals surface area contributed by atoms with E-state index < -0.39 is 0 Å². The summed E-state index contributed by atoms with van der Waals surface area (Å²) in [5, 5.41) is 5.61. The molecule has 4 fully saturated rings. The third-order valence-corrected chi connectivity index (χ3v) is 6.90. The summed E-state index contributed by atoms with van der Waals surface area (Å²) in [7, 11) is 1.59. The molecule has 0 atom stereocenters. The molecule has 6 nitrogen and oxygen atoms in total. The van der Waals surface area contributed by atoms with Crippen LogP contribution >= 0.6 is 0 Å². The van der Waals surface area contributed by atoms with Gasteiger partial charge in [-0.1, -0.05) is 12.1 Å². The zero-order chi connectivity index (χ0) is 20.3. The van der Waals surface area contributed by atoms with Crippen molar-refractivity contribution < 1.29 is 19.1 Å². The summed E-state index contributed by atoms with van der Waals surface area (Å²) < 4.78 is 10.9. The van der Waals surface area contributed by atoms with Crippen molar-refractivity contribution in [1.82, 2.24) is 10.6 Å². The minimum Gasteiger partial charge on any atom is -0.493 e. The third kappa shape index (κ3) is 4.85. The number of benzene rings is 1. The van der Waals surface area contributed by atoms with E-state index >= 15 is 0 Å². The molecule has 0 radical (unpaired) electrons. The molecular weight excluding hydrogens is 368 g/mol. The van der Waals surface area contributed by atoms with Crippen molar-refractivity contribution in [2.45, 2.75) is 44.9 Å². The highest BCUT2D eigenvalue weighted by molar-refractivity contribution is 5.84. The Morgan fingerprint density at radius 1 is 0.966 bits per heavy atom. The summed E-state index contributed by atoms with van der Waals surface area (Å²) in [4.78, 5) is 24.5. The number of methoxy groups -OCH3 is 1. The summed E-state index contributed by atoms with van der Waals surface area (Å²) in [6, 6.07) is 7.40. The average Bonchev–Trinajstić information content (AvgIpc) is 2.68. The van der Waals surface area contributed by atoms with E-state index in [9.17, 15) is 9.59 Å². The largest absolute Gasteiger partial charge is 0.493 e. The van der Waals surface area contributed by atoms with Gasteiger partial charge in [-0.2, -0.15) is 0 Å². The number of nitrogens with one attached hydrogen (secondary N) is 2. The van der Waals surface area contributed by atoms with Crippen LogP contribution in [0, 0.1) is 23.2 Å². The highest BCUT2D eigenvalue weighted by atomic mass is 16.5. The minimum atomic E-state index is -0.188. The van der Waals surface area contributed by atoms with Gasteiger partial charge in [-0.15, -0.1) is 0 Å². The lowest BCUT2D eigenvalue weighted by Crippen LogP contribution is -2.48. The lowest BCUT2D eigenvalue weighted by atomic mass is 9.49. The maximum absolute atomic E-state index is 12.5. The van der Waals surface area contributed by atoms with Gasteiger partial charge in [-0.05, 0) is 73.8 Å². The second-order valence-electron chi connectivity index (χ2n) is 9.22. The molecule has 6 heteroatoms. The molecule has 4 saturated carbocycles. The molecule has 0 saturated heterocycles. The van der Waals surface area contributed by atoms with Crippen molar-refractivity contribution in [1.29, 1.82) is 0 Å². The monoisotopic (exact) mass is 400 g/mol. The number of ether oxygens (including phenoxy) is 2. The van der Waals surface area contributed by atoms with Crippen LogP contribution in [0.15, 0.2) is 24.3 Å². The van der Waals surface area contributed by atoms with Gasteiger partial charge in [0.1, 0.15) is 6.61 Å². The number of rotatable bonds is 9. The zero-order valence-corrected chi connectivity index (χ0v) is 17.2. The third-order valence-electron chi connectivity index (χ3n) is 6.90. The zero-order valence-electron chi connectivity index (χ0n) is 17.2. The van der Waals surface area contributed by atoms with E-state index in [0.29, 0.717) is 31.1 Å². The second-order valence-corrected chi connectivity index (χ2v) is 9.22. The Bertz CT molecular complexity index is 713. The van der Waals surface area contributed by atoms with Crippen LogP contribution in [-0.4, -0.2) is 38.6 Å². The van der Waals surface area contributed by atoms with Crippen LogP contribution in [-0.2, 0) is 9.59 Å². The molecule has 4 aliphatic carbocycles. The summed E-state index contributed by atoms with van der Waals surface area (Å²) in [5.74, 6) is 3.64. The van der Waals surface area contributed by atoms with E-state index in [1.165, 1.54) is 38.5 Å². The Labute approximate surface area is 172 Å². The molecule has 0 spiro atoms. The molecule has 2 amide bonds. The van der Waals surface area contributed by atoms with Crippen LogP contribution in [0.2, 0.25) is 0 Å². The number of para-hydroxylation sites is 2. The Balaban J connectivity index is 1.14. The molecule has 0 aliphatic heterocycles. The highest BCUT2D eigenvalue weighted by Crippen LogP contribution is 2.61. The molecule has 1 aromatic carbocycles. The normalized spacial score (nSPS) is 29.3. The number of carbonyl (C=O) groups excluding carboxylic acids is 2. The maximum atomic E-state index is 12.5. The molecule has 29 heavy (non-hydrogen) atoms. The standard InChI is InChI=1S/C23H32N2O4/c1-28-19-4-2-3-5-20(19)29-7-6-24-22(27)15-25-21(26)14-23-11-16-8-17(12-23)10-18(9-16)13-23/h2-5,16-18H,6-15H2,1H3,(H,24,27)(H,25,26). The minimum absolute atomic E-state index is 0.0207. The lowest BCUT2D eigenvalue weighted by molar-refractivity contribution is -0.131. The SMILES string of the molecule is COc1ccccc1OCCNC(=O)CNC(=O)CC12CC3CC(CC(C3)C1)C2. The van der Waals surface area contributed by atoms with E-state index in [4.69, 9.17) is 9.47 Å². The Kier molecular flexibility index (Phi) is 5.97. The molecule has 4 bridgehead atoms. The van der Waals surface area contributed by atoms with Gasteiger partial charge in [0.15, 0.2) is 11.5 Å². The lowest BCUT2D eigenvalue weighted by Gasteiger charge is -2.56. The fourth-order valence-corrected chi connectivity index (χ4v) is 6.24. The van der Waals surface area contributed by atoms with Crippen molar-refractivity contribution in [2.24, 2.45) is 23.2 Å². The molecule has 4 aliphatic rings. The van der Waals surface area contributed by atoms with Crippen molar-refractivity contribution in [2.75, 3.05) is 26.8 Å². The molecule has 5 rings (SSSR count). The predicted octanol–water partition coefficient (Wildman–Crippen LogP) is 2.91. The topological polar surface area (TPSA) is 76.7 Å². The predicted molar refractivity (Wildman–Crippen MR) is 110 cm³/mol. The Hall–Kier alpha value is -2.24. The van der Waals surface area contributed by atoms with Crippen molar-refractivity contribution in [3.63, 3.8) is 0 Å². The fraction of sp³-hybridized carbons (Fsp3) is 0.652. The van der Waals surface area contributed by atoms with Gasteiger partial charge < -0.3 is 20.1 Å². The van der Waals surface area contributed by atoms with Crippen LogP contribution in [0.3, 0.4) is 0 Å². The van der Waals surface area contributed by atoms with Crippen LogP contribution in [0.25, 0.3) is 0 Å². The fourth-order valence-electron chi connectivity index (χ4n) is 6.24. The number of amides is 2. The summed E-state index contributed by atoms with van der Waals surface area (Å²) in [6.07, 6.45) is 8.33. The number of carbonyl (C=O) groups is 2. The van der Waals surface area contributed by atoms with Gasteiger partial charge in [0.25, 0.3) is 0 Å². The van der Waals surface area contributed by atoms with Gasteiger partial charge in [-0.3, -0.25) is 9.59 Å². The molecule has 0 heterocycles. The van der Waals surface area contributed by atoms with Gasteiger partial charge in [0, 0.05) is 6.42 Å². The maximum Gasteiger partial charge on any atom is 0.239 e. The average molecular weight is 401 g/mol. The molecule has 158 valence electrons. The first-order valence-corrected chi connectivity index (χ1v) is 10.8. The molecule has 2 N–H and O–H groups in total. The first-order chi connectivity index (χ1) is 14.0. The second kappa shape index (κ2) is 8.64. The smallest absolute Gasteiger partial charge is 0.239 e. The van der Waals surface area contributed by atoms with Gasteiger partial charge >= 0.3 is 0 Å². The van der Waals surface area contributed by atoms with Crippen LogP contribution in [0.4, 0.5) is 0 Å². The van der Waals surface area contributed by atoms with Gasteiger partial charge in [0.2, 0.25) is 11.8 Å². The summed E-state index contributed by atoms with van der Waals surface area (Å²) in [5.41, 5.74) is 0.206. The molecular formula is C23H32N2O4. The van der Waals surface area contributed by atoms with E-state index in [0.717, 1.165) is 17.8 Å². The Morgan fingerprint density at radius 3 is 2.21 bits per heavy atom. The Morgan fingerprint density at radius 2 is 1.59 bits per heavy atom. The van der Waals surface area contributed by atoms with Crippen molar-refractivity contribution >= 4 is 11.8 Å².